The number of carbonyl (C=O) groups is 1. The summed E-state index contributed by atoms with van der Waals surface area (Å²) in [5.74, 6) is -0.246. The van der Waals surface area contributed by atoms with Crippen LogP contribution < -0.4 is 0 Å². The lowest BCUT2D eigenvalue weighted by Gasteiger charge is -2.17. The first-order valence-electron chi connectivity index (χ1n) is 6.08. The van der Waals surface area contributed by atoms with Crippen LogP contribution in [0.2, 0.25) is 0 Å². The SMILES string of the molecule is CC(C#N)CN(C)C(=O)Cc1noc2ccccc12. The summed E-state index contributed by atoms with van der Waals surface area (Å²) in [5, 5.41) is 13.5. The van der Waals surface area contributed by atoms with Crippen LogP contribution in [0, 0.1) is 17.2 Å². The van der Waals surface area contributed by atoms with E-state index < -0.39 is 0 Å². The van der Waals surface area contributed by atoms with Crippen LogP contribution in [-0.2, 0) is 11.2 Å². The molecule has 0 aliphatic rings. The molecule has 1 aromatic heterocycles. The fourth-order valence-corrected chi connectivity index (χ4v) is 1.90. The lowest BCUT2D eigenvalue weighted by atomic mass is 10.1. The van der Waals surface area contributed by atoms with Gasteiger partial charge in [0.1, 0.15) is 5.69 Å². The highest BCUT2D eigenvalue weighted by Gasteiger charge is 2.16. The molecule has 1 amide bonds. The van der Waals surface area contributed by atoms with E-state index in [1.54, 1.807) is 18.9 Å². The molecule has 0 aliphatic heterocycles. The van der Waals surface area contributed by atoms with Crippen LogP contribution in [0.4, 0.5) is 0 Å². The molecule has 2 rings (SSSR count). The number of aromatic nitrogens is 1. The molecule has 0 saturated carbocycles. The summed E-state index contributed by atoms with van der Waals surface area (Å²) < 4.78 is 5.16. The minimum absolute atomic E-state index is 0.0684. The van der Waals surface area contributed by atoms with Gasteiger partial charge in [-0.05, 0) is 19.1 Å². The zero-order chi connectivity index (χ0) is 13.8. The van der Waals surface area contributed by atoms with Crippen molar-refractivity contribution in [2.75, 3.05) is 13.6 Å². The molecule has 0 radical (unpaired) electrons. The van der Waals surface area contributed by atoms with E-state index in [2.05, 4.69) is 11.2 Å². The van der Waals surface area contributed by atoms with Crippen molar-refractivity contribution >= 4 is 16.9 Å². The Morgan fingerprint density at radius 3 is 3.00 bits per heavy atom. The van der Waals surface area contributed by atoms with Gasteiger partial charge in [0.2, 0.25) is 5.91 Å². The second kappa shape index (κ2) is 5.53. The second-order valence-electron chi connectivity index (χ2n) is 4.61. The molecule has 19 heavy (non-hydrogen) atoms. The van der Waals surface area contributed by atoms with E-state index in [0.717, 1.165) is 5.39 Å². The summed E-state index contributed by atoms with van der Waals surface area (Å²) in [6.07, 6.45) is 0.186. The van der Waals surface area contributed by atoms with E-state index in [1.807, 2.05) is 24.3 Å². The first kappa shape index (κ1) is 13.1. The number of rotatable bonds is 4. The molecule has 1 heterocycles. The van der Waals surface area contributed by atoms with Crippen LogP contribution in [0.1, 0.15) is 12.6 Å². The molecule has 2 aromatic rings. The molecule has 0 saturated heterocycles. The molecular weight excluding hydrogens is 242 g/mol. The fraction of sp³-hybridized carbons (Fsp3) is 0.357. The molecule has 5 heteroatoms. The quantitative estimate of drug-likeness (QED) is 0.839. The Labute approximate surface area is 111 Å². The van der Waals surface area contributed by atoms with Gasteiger partial charge in [0.05, 0.1) is 18.4 Å². The maximum atomic E-state index is 12.0. The number of likely N-dealkylation sites (N-methyl/N-ethyl adjacent to an activating group) is 1. The van der Waals surface area contributed by atoms with Gasteiger partial charge in [-0.3, -0.25) is 4.79 Å². The van der Waals surface area contributed by atoms with Crippen molar-refractivity contribution in [3.8, 4) is 6.07 Å². The van der Waals surface area contributed by atoms with E-state index >= 15 is 0 Å². The average Bonchev–Trinajstić information content (AvgIpc) is 2.82. The summed E-state index contributed by atoms with van der Waals surface area (Å²) >= 11 is 0. The minimum atomic E-state index is -0.178. The van der Waals surface area contributed by atoms with Crippen molar-refractivity contribution in [2.45, 2.75) is 13.3 Å². The summed E-state index contributed by atoms with van der Waals surface area (Å²) in [6.45, 7) is 2.21. The van der Waals surface area contributed by atoms with Crippen LogP contribution in [0.3, 0.4) is 0 Å². The molecule has 5 nitrogen and oxygen atoms in total. The van der Waals surface area contributed by atoms with E-state index in [0.29, 0.717) is 17.8 Å². The third kappa shape index (κ3) is 2.91. The minimum Gasteiger partial charge on any atom is -0.356 e. The lowest BCUT2D eigenvalue weighted by molar-refractivity contribution is -0.129. The van der Waals surface area contributed by atoms with E-state index in [-0.39, 0.29) is 18.2 Å². The van der Waals surface area contributed by atoms with Gasteiger partial charge in [-0.25, -0.2) is 0 Å². The number of nitrogens with zero attached hydrogens (tertiary/aromatic N) is 3. The van der Waals surface area contributed by atoms with Crippen LogP contribution in [-0.4, -0.2) is 29.6 Å². The topological polar surface area (TPSA) is 70.1 Å². The van der Waals surface area contributed by atoms with Gasteiger partial charge in [-0.2, -0.15) is 5.26 Å². The zero-order valence-electron chi connectivity index (χ0n) is 11.0. The third-order valence-electron chi connectivity index (χ3n) is 2.96. The Kier molecular flexibility index (Phi) is 3.81. The van der Waals surface area contributed by atoms with Crippen LogP contribution in [0.5, 0.6) is 0 Å². The highest BCUT2D eigenvalue weighted by atomic mass is 16.5. The van der Waals surface area contributed by atoms with Crippen molar-refractivity contribution in [2.24, 2.45) is 5.92 Å². The van der Waals surface area contributed by atoms with Gasteiger partial charge in [0, 0.05) is 19.0 Å². The number of nitriles is 1. The van der Waals surface area contributed by atoms with E-state index in [9.17, 15) is 4.79 Å². The smallest absolute Gasteiger partial charge is 0.228 e. The van der Waals surface area contributed by atoms with Crippen LogP contribution in [0.25, 0.3) is 11.0 Å². The van der Waals surface area contributed by atoms with Crippen molar-refractivity contribution < 1.29 is 9.32 Å². The number of carbonyl (C=O) groups excluding carboxylic acids is 1. The predicted octanol–water partition coefficient (Wildman–Crippen LogP) is 1.99. The van der Waals surface area contributed by atoms with Gasteiger partial charge in [-0.15, -0.1) is 0 Å². The molecule has 1 unspecified atom stereocenters. The lowest BCUT2D eigenvalue weighted by Crippen LogP contribution is -2.32. The number of hydrogen-bond acceptors (Lipinski definition) is 4. The molecule has 1 atom stereocenters. The zero-order valence-corrected chi connectivity index (χ0v) is 11.0. The summed E-state index contributed by atoms with van der Waals surface area (Å²) in [4.78, 5) is 13.6. The van der Waals surface area contributed by atoms with Crippen molar-refractivity contribution in [3.05, 3.63) is 30.0 Å². The molecule has 0 bridgehead atoms. The fourth-order valence-electron chi connectivity index (χ4n) is 1.90. The number of para-hydroxylation sites is 1. The van der Waals surface area contributed by atoms with Crippen molar-refractivity contribution in [3.63, 3.8) is 0 Å². The Balaban J connectivity index is 2.09. The Hall–Kier alpha value is -2.35. The molecule has 0 spiro atoms. The van der Waals surface area contributed by atoms with Gasteiger partial charge < -0.3 is 9.42 Å². The maximum Gasteiger partial charge on any atom is 0.228 e. The van der Waals surface area contributed by atoms with Gasteiger partial charge in [0.25, 0.3) is 0 Å². The maximum absolute atomic E-state index is 12.0. The monoisotopic (exact) mass is 257 g/mol. The predicted molar refractivity (Wildman–Crippen MR) is 70.1 cm³/mol. The largest absolute Gasteiger partial charge is 0.356 e. The summed E-state index contributed by atoms with van der Waals surface area (Å²) in [6, 6.07) is 9.55. The Morgan fingerprint density at radius 1 is 1.53 bits per heavy atom. The van der Waals surface area contributed by atoms with E-state index in [1.165, 1.54) is 0 Å². The van der Waals surface area contributed by atoms with Crippen molar-refractivity contribution in [1.82, 2.24) is 10.1 Å². The molecule has 1 aromatic carbocycles. The number of benzene rings is 1. The normalized spacial score (nSPS) is 12.1. The Morgan fingerprint density at radius 2 is 2.26 bits per heavy atom. The molecule has 98 valence electrons. The first-order chi connectivity index (χ1) is 9.11. The summed E-state index contributed by atoms with van der Waals surface area (Å²) in [7, 11) is 1.69. The highest BCUT2D eigenvalue weighted by molar-refractivity contribution is 5.86. The Bertz CT molecular complexity index is 627. The first-order valence-corrected chi connectivity index (χ1v) is 6.08. The number of amides is 1. The molecule has 0 aliphatic carbocycles. The van der Waals surface area contributed by atoms with Gasteiger partial charge in [-0.1, -0.05) is 17.3 Å². The third-order valence-corrected chi connectivity index (χ3v) is 2.96. The second-order valence-corrected chi connectivity index (χ2v) is 4.61. The molecule has 0 N–H and O–H groups in total. The molecule has 0 fully saturated rings. The van der Waals surface area contributed by atoms with Gasteiger partial charge in [0.15, 0.2) is 5.58 Å². The number of fused-ring (bicyclic) bond motifs is 1. The highest BCUT2D eigenvalue weighted by Crippen LogP contribution is 2.18. The van der Waals surface area contributed by atoms with Gasteiger partial charge >= 0.3 is 0 Å². The van der Waals surface area contributed by atoms with E-state index in [4.69, 9.17) is 9.78 Å². The average molecular weight is 257 g/mol. The number of hydrogen-bond donors (Lipinski definition) is 0. The van der Waals surface area contributed by atoms with Crippen molar-refractivity contribution in [1.29, 1.82) is 5.26 Å². The standard InChI is InChI=1S/C14H15N3O2/c1-10(8-15)9-17(2)14(18)7-12-11-5-3-4-6-13(11)19-16-12/h3-6,10H,7,9H2,1-2H3. The molecular formula is C14H15N3O2. The summed E-state index contributed by atoms with van der Waals surface area (Å²) in [5.41, 5.74) is 1.32. The van der Waals surface area contributed by atoms with Crippen LogP contribution in [0.15, 0.2) is 28.8 Å². The van der Waals surface area contributed by atoms with Crippen LogP contribution >= 0.6 is 0 Å².